The van der Waals surface area contributed by atoms with Crippen molar-refractivity contribution in [3.8, 4) is 45.6 Å². The molecular weight excluding hydrogens is 898 g/mol. The number of rotatable bonds is 9. The van der Waals surface area contributed by atoms with Crippen LogP contribution in [0, 0.1) is 23.5 Å². The van der Waals surface area contributed by atoms with Gasteiger partial charge in [-0.05, 0) is 143 Å². The topological polar surface area (TPSA) is 55.5 Å². The second-order valence-corrected chi connectivity index (χ2v) is 20.4. The van der Waals surface area contributed by atoms with Gasteiger partial charge >= 0.3 is 6.42 Å². The van der Waals surface area contributed by atoms with Crippen LogP contribution in [0.25, 0.3) is 65.4 Å². The van der Waals surface area contributed by atoms with Crippen LogP contribution >= 0.6 is 22.7 Å². The first kappa shape index (κ1) is 43.5. The largest absolute Gasteiger partial charge is 0.521 e. The lowest BCUT2D eigenvalue weighted by Crippen LogP contribution is -2.56. The van der Waals surface area contributed by atoms with Crippen molar-refractivity contribution in [3.05, 3.63) is 188 Å². The number of hydrogen-bond donors (Lipinski definition) is 1. The third-order valence-corrected chi connectivity index (χ3v) is 16.5. The summed E-state index contributed by atoms with van der Waals surface area (Å²) in [6.07, 6.45) is 2.55. The number of ether oxygens (including phenoxy) is 2. The van der Waals surface area contributed by atoms with Gasteiger partial charge in [0.1, 0.15) is 11.5 Å². The number of carbonyl (C=O) groups is 1. The molecule has 0 saturated carbocycles. The quantitative estimate of drug-likeness (QED) is 0.0891. The average Bonchev–Trinajstić information content (AvgIpc) is 4.22. The van der Waals surface area contributed by atoms with E-state index in [1.807, 2.05) is 46.9 Å². The van der Waals surface area contributed by atoms with Gasteiger partial charge in [0.15, 0.2) is 11.4 Å². The SMILES string of the molecule is CCCNC(=O)c1ccc(C#C[B-]2(C#Cc3ccc4ccc5cccc6ccc3c4c56)n3c(c4ccc(OC)cc4c3-c3ccc(CC)s3)C=C3c4ccc(OC)cc4C(c4ccc(CC)s4)=[N+]32)cc1. The molecule has 0 bridgehead atoms. The van der Waals surface area contributed by atoms with Crippen LogP contribution in [-0.2, 0) is 12.8 Å². The molecule has 9 heteroatoms. The van der Waals surface area contributed by atoms with Crippen LogP contribution in [-0.4, -0.2) is 47.8 Å². The molecule has 7 aromatic carbocycles. The molecular formula is C61H48BN3O3S2. The first-order valence-electron chi connectivity index (χ1n) is 24.1. The second kappa shape index (κ2) is 17.3. The monoisotopic (exact) mass is 945 g/mol. The van der Waals surface area contributed by atoms with Gasteiger partial charge in [-0.1, -0.05) is 69.3 Å². The van der Waals surface area contributed by atoms with Gasteiger partial charge in [0.05, 0.1) is 30.2 Å². The Balaban J connectivity index is 1.25. The first-order valence-corrected chi connectivity index (χ1v) is 25.7. The molecule has 2 aliphatic rings. The molecule has 340 valence electrons. The van der Waals surface area contributed by atoms with Crippen molar-refractivity contribution >= 4 is 95.6 Å². The molecule has 3 aromatic heterocycles. The summed E-state index contributed by atoms with van der Waals surface area (Å²) in [6, 6.07) is 49.3. The summed E-state index contributed by atoms with van der Waals surface area (Å²) < 4.78 is 16.9. The smallest absolute Gasteiger partial charge is 0.497 e. The van der Waals surface area contributed by atoms with E-state index in [1.165, 1.54) is 36.7 Å². The second-order valence-electron chi connectivity index (χ2n) is 18.0. The van der Waals surface area contributed by atoms with E-state index in [-0.39, 0.29) is 5.91 Å². The van der Waals surface area contributed by atoms with Crippen molar-refractivity contribution in [3.63, 3.8) is 0 Å². The summed E-state index contributed by atoms with van der Waals surface area (Å²) in [7, 11) is 3.46. The number of fused-ring (bicyclic) bond motifs is 6. The van der Waals surface area contributed by atoms with Crippen LogP contribution < -0.4 is 14.8 Å². The standard InChI is InChI=1S/C61H48BN3O3S2/c1-6-34-63-61(66)43-14-12-38(13-15-43)30-32-62(33-31-39-16-17-42-19-18-40-10-9-11-41-20-25-48(39)58(42)57(40)41)64-53(49-26-21-44(67-4)35-51(49)59(64)55-28-23-46(7-2)69-55)37-54-50-27-22-45(68-5)36-52(50)60(65(54)62)56-29-24-47(8-3)70-56/h9-29,35-37H,6-8,34H2,1-5H3,(H,63,66). The Morgan fingerprint density at radius 2 is 1.31 bits per heavy atom. The van der Waals surface area contributed by atoms with E-state index in [0.717, 1.165) is 102 Å². The molecule has 1 atom stereocenters. The zero-order chi connectivity index (χ0) is 47.7. The zero-order valence-corrected chi connectivity index (χ0v) is 41.3. The number of thiophene rings is 2. The molecule has 1 amide bonds. The highest BCUT2D eigenvalue weighted by Crippen LogP contribution is 2.48. The van der Waals surface area contributed by atoms with E-state index >= 15 is 0 Å². The van der Waals surface area contributed by atoms with Gasteiger partial charge in [-0.25, -0.2) is 0 Å². The molecule has 5 heterocycles. The fourth-order valence-corrected chi connectivity index (χ4v) is 12.7. The Kier molecular flexibility index (Phi) is 10.7. The van der Waals surface area contributed by atoms with E-state index in [0.29, 0.717) is 12.1 Å². The summed E-state index contributed by atoms with van der Waals surface area (Å²) in [5.41, 5.74) is 8.59. The number of carbonyl (C=O) groups excluding carboxylic acids is 1. The predicted octanol–water partition coefficient (Wildman–Crippen LogP) is 13.5. The first-order chi connectivity index (χ1) is 34.3. The van der Waals surface area contributed by atoms with Crippen molar-refractivity contribution in [2.45, 2.75) is 40.0 Å². The van der Waals surface area contributed by atoms with Crippen LogP contribution in [0.3, 0.4) is 0 Å². The summed E-state index contributed by atoms with van der Waals surface area (Å²) in [4.78, 5) is 18.0. The molecule has 6 nitrogen and oxygen atoms in total. The number of hydrogen-bond acceptors (Lipinski definition) is 5. The molecule has 1 N–H and O–H groups in total. The Morgan fingerprint density at radius 3 is 2.04 bits per heavy atom. The maximum absolute atomic E-state index is 13.1. The summed E-state index contributed by atoms with van der Waals surface area (Å²) in [5.74, 6) is 17.3. The van der Waals surface area contributed by atoms with Gasteiger partial charge in [0.25, 0.3) is 5.91 Å². The summed E-state index contributed by atoms with van der Waals surface area (Å²) in [6.45, 7) is 7.09. The normalized spacial score (nSPS) is 14.8. The maximum Gasteiger partial charge on any atom is 0.521 e. The number of aromatic nitrogens is 1. The van der Waals surface area contributed by atoms with Crippen LogP contribution in [0.4, 0.5) is 0 Å². The highest BCUT2D eigenvalue weighted by atomic mass is 32.1. The molecule has 0 aliphatic carbocycles. The highest BCUT2D eigenvalue weighted by molar-refractivity contribution is 7.15. The van der Waals surface area contributed by atoms with Crippen molar-refractivity contribution in [1.82, 2.24) is 9.79 Å². The Morgan fingerprint density at radius 1 is 0.657 bits per heavy atom. The molecule has 1 unspecified atom stereocenters. The van der Waals surface area contributed by atoms with E-state index in [1.54, 1.807) is 14.2 Å². The van der Waals surface area contributed by atoms with Crippen molar-refractivity contribution in [1.29, 1.82) is 0 Å². The molecule has 0 spiro atoms. The molecule has 10 aromatic rings. The van der Waals surface area contributed by atoms with Crippen LogP contribution in [0.2, 0.25) is 0 Å². The maximum atomic E-state index is 13.1. The molecule has 0 radical (unpaired) electrons. The molecule has 12 rings (SSSR count). The van der Waals surface area contributed by atoms with Crippen LogP contribution in [0.5, 0.6) is 11.5 Å². The fourth-order valence-electron chi connectivity index (χ4n) is 10.7. The number of nitrogens with zero attached hydrogens (tertiary/aromatic N) is 2. The number of nitrogens with one attached hydrogen (secondary N) is 1. The Hall–Kier alpha value is -7.82. The Bertz CT molecular complexity index is 3960. The van der Waals surface area contributed by atoms with Gasteiger partial charge in [0.2, 0.25) is 0 Å². The zero-order valence-electron chi connectivity index (χ0n) is 39.7. The molecule has 2 aliphatic heterocycles. The summed E-state index contributed by atoms with van der Waals surface area (Å²) >= 11 is 3.62. The molecule has 0 saturated heterocycles. The predicted molar refractivity (Wildman–Crippen MR) is 293 cm³/mol. The fraction of sp³-hybridized carbons (Fsp3) is 0.148. The minimum Gasteiger partial charge on any atom is -0.497 e. The van der Waals surface area contributed by atoms with Gasteiger partial charge in [-0.15, -0.1) is 34.5 Å². The number of aryl methyl sites for hydroxylation is 2. The minimum absolute atomic E-state index is 0.0960. The number of methoxy groups -OCH3 is 2. The van der Waals surface area contributed by atoms with Crippen molar-refractivity contribution in [2.75, 3.05) is 20.8 Å². The van der Waals surface area contributed by atoms with E-state index in [9.17, 15) is 4.79 Å². The molecule has 0 fully saturated rings. The minimum atomic E-state index is -2.49. The molecule has 70 heavy (non-hydrogen) atoms. The number of benzene rings is 7. The lowest BCUT2D eigenvalue weighted by atomic mass is 9.45. The van der Waals surface area contributed by atoms with E-state index in [2.05, 4.69) is 180 Å². The Labute approximate surface area is 415 Å². The van der Waals surface area contributed by atoms with Gasteiger partial charge in [0, 0.05) is 66.1 Å². The third-order valence-electron chi connectivity index (χ3n) is 14.1. The number of amides is 1. The van der Waals surface area contributed by atoms with Gasteiger partial charge in [-0.2, -0.15) is 11.6 Å². The summed E-state index contributed by atoms with van der Waals surface area (Å²) in [5, 5.41) is 12.3. The third kappa shape index (κ3) is 6.87. The van der Waals surface area contributed by atoms with Crippen LogP contribution in [0.1, 0.15) is 80.1 Å². The lowest BCUT2D eigenvalue weighted by molar-refractivity contribution is -0.279. The van der Waals surface area contributed by atoms with E-state index in [4.69, 9.17) is 9.47 Å². The van der Waals surface area contributed by atoms with Crippen molar-refractivity contribution in [2.24, 2.45) is 0 Å². The van der Waals surface area contributed by atoms with Crippen molar-refractivity contribution < 1.29 is 18.8 Å². The van der Waals surface area contributed by atoms with Gasteiger partial charge < -0.3 is 23.8 Å². The highest BCUT2D eigenvalue weighted by Gasteiger charge is 2.52. The van der Waals surface area contributed by atoms with Gasteiger partial charge in [-0.3, -0.25) is 4.79 Å². The average molecular weight is 946 g/mol. The lowest BCUT2D eigenvalue weighted by Gasteiger charge is -2.36. The van der Waals surface area contributed by atoms with E-state index < -0.39 is 6.42 Å². The van der Waals surface area contributed by atoms with Crippen LogP contribution in [0.15, 0.2) is 140 Å².